The van der Waals surface area contributed by atoms with E-state index in [0.717, 1.165) is 51.6 Å². The molecule has 20 heavy (non-hydrogen) atoms. The van der Waals surface area contributed by atoms with Crippen LogP contribution in [-0.4, -0.2) is 29.9 Å². The number of unbranched alkanes of at least 4 members (excludes halogenated alkanes) is 2. The van der Waals surface area contributed by atoms with Gasteiger partial charge in [-0.25, -0.2) is 0 Å². The van der Waals surface area contributed by atoms with Gasteiger partial charge in [-0.1, -0.05) is 58.6 Å². The molecule has 4 nitrogen and oxygen atoms in total. The van der Waals surface area contributed by atoms with Crippen molar-refractivity contribution in [3.8, 4) is 0 Å². The molecule has 0 N–H and O–H groups in total. The van der Waals surface area contributed by atoms with Gasteiger partial charge in [0.15, 0.2) is 6.04 Å². The van der Waals surface area contributed by atoms with E-state index >= 15 is 0 Å². The Morgan fingerprint density at radius 1 is 1.00 bits per heavy atom. The van der Waals surface area contributed by atoms with E-state index in [1.165, 1.54) is 0 Å². The van der Waals surface area contributed by atoms with Gasteiger partial charge in [0.1, 0.15) is 0 Å². The first kappa shape index (κ1) is 19.1. The maximum Gasteiger partial charge on any atom is 0.251 e. The fraction of sp³-hybridized carbons (Fsp3) is 0.938. The van der Waals surface area contributed by atoms with Gasteiger partial charge in [0.05, 0.1) is 0 Å². The van der Waals surface area contributed by atoms with E-state index in [1.807, 2.05) is 4.90 Å². The molecular formula is C16H32N2O2. The van der Waals surface area contributed by atoms with Crippen LogP contribution in [0.4, 0.5) is 0 Å². The Labute approximate surface area is 124 Å². The molecule has 0 aliphatic rings. The zero-order valence-electron chi connectivity index (χ0n) is 13.7. The van der Waals surface area contributed by atoms with E-state index in [9.17, 15) is 9.70 Å². The molecule has 0 saturated heterocycles. The van der Waals surface area contributed by atoms with E-state index in [0.29, 0.717) is 12.3 Å². The molecule has 0 bridgehead atoms. The van der Waals surface area contributed by atoms with Crippen LogP contribution in [0.3, 0.4) is 0 Å². The highest BCUT2D eigenvalue weighted by molar-refractivity contribution is 5.82. The van der Waals surface area contributed by atoms with Crippen LogP contribution in [0.15, 0.2) is 5.18 Å². The van der Waals surface area contributed by atoms with Crippen molar-refractivity contribution in [3.05, 3.63) is 4.91 Å². The molecule has 0 radical (unpaired) electrons. The van der Waals surface area contributed by atoms with Gasteiger partial charge in [0.2, 0.25) is 0 Å². The minimum atomic E-state index is -0.678. The number of carbonyl (C=O) groups excluding carboxylic acids is 1. The summed E-state index contributed by atoms with van der Waals surface area (Å²) in [4.78, 5) is 25.2. The number of amides is 1. The number of rotatable bonds is 12. The highest BCUT2D eigenvalue weighted by Crippen LogP contribution is 2.13. The summed E-state index contributed by atoms with van der Waals surface area (Å²) in [5.41, 5.74) is 0. The van der Waals surface area contributed by atoms with Crippen LogP contribution < -0.4 is 0 Å². The van der Waals surface area contributed by atoms with Crippen LogP contribution in [0, 0.1) is 10.8 Å². The normalized spacial score (nSPS) is 12.4. The van der Waals surface area contributed by atoms with Gasteiger partial charge >= 0.3 is 0 Å². The predicted molar refractivity (Wildman–Crippen MR) is 84.7 cm³/mol. The number of hydrogen-bond acceptors (Lipinski definition) is 3. The molecule has 1 unspecified atom stereocenters. The van der Waals surface area contributed by atoms with Crippen LogP contribution in [0.1, 0.15) is 72.6 Å². The molecule has 0 aliphatic heterocycles. The molecule has 0 saturated carbocycles. The number of carbonyl (C=O) groups is 1. The van der Waals surface area contributed by atoms with Crippen molar-refractivity contribution in [2.45, 2.75) is 78.7 Å². The summed E-state index contributed by atoms with van der Waals surface area (Å²) >= 11 is 0. The van der Waals surface area contributed by atoms with E-state index in [-0.39, 0.29) is 5.91 Å². The predicted octanol–water partition coefficient (Wildman–Crippen LogP) is 4.38. The summed E-state index contributed by atoms with van der Waals surface area (Å²) in [6, 6.07) is -0.678. The van der Waals surface area contributed by atoms with Crippen molar-refractivity contribution in [2.75, 3.05) is 13.1 Å². The Bertz CT molecular complexity index is 259. The minimum absolute atomic E-state index is 0.0642. The first-order chi connectivity index (χ1) is 9.56. The zero-order chi connectivity index (χ0) is 15.4. The lowest BCUT2D eigenvalue weighted by molar-refractivity contribution is -0.132. The molecule has 0 spiro atoms. The fourth-order valence-corrected chi connectivity index (χ4v) is 2.18. The lowest BCUT2D eigenvalue weighted by Crippen LogP contribution is -2.39. The maximum absolute atomic E-state index is 12.4. The third kappa shape index (κ3) is 8.28. The summed E-state index contributed by atoms with van der Waals surface area (Å²) in [6.45, 7) is 10.0. The van der Waals surface area contributed by atoms with Crippen LogP contribution >= 0.6 is 0 Å². The smallest absolute Gasteiger partial charge is 0.251 e. The molecule has 0 aliphatic carbocycles. The summed E-state index contributed by atoms with van der Waals surface area (Å²) in [6.07, 6.45) is 6.64. The first-order valence-corrected chi connectivity index (χ1v) is 8.18. The second-order valence-corrected chi connectivity index (χ2v) is 5.98. The van der Waals surface area contributed by atoms with Crippen molar-refractivity contribution >= 4 is 5.91 Å². The van der Waals surface area contributed by atoms with E-state index in [2.05, 4.69) is 32.9 Å². The van der Waals surface area contributed by atoms with Crippen molar-refractivity contribution in [1.29, 1.82) is 0 Å². The van der Waals surface area contributed by atoms with Gasteiger partial charge in [-0.2, -0.15) is 0 Å². The van der Waals surface area contributed by atoms with Gasteiger partial charge in [-0.15, -0.1) is 4.91 Å². The maximum atomic E-state index is 12.4. The van der Waals surface area contributed by atoms with E-state index < -0.39 is 6.04 Å². The highest BCUT2D eigenvalue weighted by atomic mass is 16.3. The Morgan fingerprint density at radius 3 is 1.95 bits per heavy atom. The quantitative estimate of drug-likeness (QED) is 0.499. The fourth-order valence-electron chi connectivity index (χ4n) is 2.18. The van der Waals surface area contributed by atoms with Crippen LogP contribution in [-0.2, 0) is 4.79 Å². The van der Waals surface area contributed by atoms with E-state index in [4.69, 9.17) is 0 Å². The molecule has 0 aromatic carbocycles. The van der Waals surface area contributed by atoms with Gasteiger partial charge in [0, 0.05) is 13.1 Å². The minimum Gasteiger partial charge on any atom is -0.341 e. The molecule has 4 heteroatoms. The molecule has 0 aromatic heterocycles. The Hall–Kier alpha value is -0.930. The van der Waals surface area contributed by atoms with Crippen LogP contribution in [0.5, 0.6) is 0 Å². The Balaban J connectivity index is 4.42. The molecular weight excluding hydrogens is 252 g/mol. The monoisotopic (exact) mass is 284 g/mol. The number of nitrogens with zero attached hydrogens (tertiary/aromatic N) is 2. The summed E-state index contributed by atoms with van der Waals surface area (Å²) < 4.78 is 0. The van der Waals surface area contributed by atoms with Crippen molar-refractivity contribution in [1.82, 2.24) is 4.90 Å². The van der Waals surface area contributed by atoms with Crippen molar-refractivity contribution in [3.63, 3.8) is 0 Å². The van der Waals surface area contributed by atoms with Gasteiger partial charge in [-0.05, 0) is 25.2 Å². The molecule has 1 atom stereocenters. The molecule has 0 rings (SSSR count). The lowest BCUT2D eigenvalue weighted by atomic mass is 10.0. The third-order valence-electron chi connectivity index (χ3n) is 3.55. The highest BCUT2D eigenvalue weighted by Gasteiger charge is 2.24. The van der Waals surface area contributed by atoms with Crippen molar-refractivity contribution in [2.24, 2.45) is 11.1 Å². The van der Waals surface area contributed by atoms with E-state index in [1.54, 1.807) is 0 Å². The van der Waals surface area contributed by atoms with Gasteiger partial charge in [0.25, 0.3) is 5.91 Å². The summed E-state index contributed by atoms with van der Waals surface area (Å²) in [5, 5.41) is 3.08. The van der Waals surface area contributed by atoms with Crippen LogP contribution in [0.2, 0.25) is 0 Å². The average Bonchev–Trinajstić information content (AvgIpc) is 2.43. The number of nitroso groups, excluding NO2 is 1. The molecule has 0 heterocycles. The second kappa shape index (κ2) is 11.9. The second-order valence-electron chi connectivity index (χ2n) is 5.98. The third-order valence-corrected chi connectivity index (χ3v) is 3.55. The first-order valence-electron chi connectivity index (χ1n) is 8.18. The standard InChI is InChI=1S/C16H32N2O2/c1-5-7-12-18(13-8-6-2)16(19)15(17-20)11-9-10-14(3)4/h14-15H,5-13H2,1-4H3. The Morgan fingerprint density at radius 2 is 1.55 bits per heavy atom. The number of hydrogen-bond donors (Lipinski definition) is 0. The average molecular weight is 284 g/mol. The van der Waals surface area contributed by atoms with Crippen molar-refractivity contribution < 1.29 is 4.79 Å². The van der Waals surface area contributed by atoms with Gasteiger partial charge in [-0.3, -0.25) is 4.79 Å². The summed E-state index contributed by atoms with van der Waals surface area (Å²) in [7, 11) is 0. The largest absolute Gasteiger partial charge is 0.341 e. The van der Waals surface area contributed by atoms with Gasteiger partial charge < -0.3 is 4.90 Å². The topological polar surface area (TPSA) is 49.7 Å². The molecule has 1 amide bonds. The molecule has 118 valence electrons. The zero-order valence-corrected chi connectivity index (χ0v) is 13.7. The van der Waals surface area contributed by atoms with Crippen LogP contribution in [0.25, 0.3) is 0 Å². The Kier molecular flexibility index (Phi) is 11.3. The molecule has 0 aromatic rings. The molecule has 0 fully saturated rings. The lowest BCUT2D eigenvalue weighted by Gasteiger charge is -2.24. The SMILES string of the molecule is CCCCN(CCCC)C(=O)C(CCCC(C)C)N=O. The summed E-state index contributed by atoms with van der Waals surface area (Å²) in [5.74, 6) is 0.541.